The molecule has 1 aromatic carbocycles. The Hall–Kier alpha value is -1.35. The summed E-state index contributed by atoms with van der Waals surface area (Å²) in [6.45, 7) is 4.07. The summed E-state index contributed by atoms with van der Waals surface area (Å²) in [6.07, 6.45) is 7.87. The fourth-order valence-electron chi connectivity index (χ4n) is 2.10. The van der Waals surface area contributed by atoms with E-state index >= 15 is 0 Å². The number of amides is 1. The van der Waals surface area contributed by atoms with Crippen molar-refractivity contribution in [1.82, 2.24) is 5.32 Å². The maximum absolute atomic E-state index is 11.1. The number of benzene rings is 1. The smallest absolute Gasteiger partial charge is 0.248 e. The molecule has 0 aliphatic rings. The van der Waals surface area contributed by atoms with Gasteiger partial charge in [0.05, 0.1) is 0 Å². The zero-order chi connectivity index (χ0) is 13.9. The van der Waals surface area contributed by atoms with E-state index in [-0.39, 0.29) is 5.91 Å². The van der Waals surface area contributed by atoms with Gasteiger partial charge in [-0.3, -0.25) is 4.79 Å². The third-order valence-corrected chi connectivity index (χ3v) is 3.25. The Labute approximate surface area is 116 Å². The Morgan fingerprint density at radius 2 is 1.89 bits per heavy atom. The molecule has 0 spiro atoms. The molecule has 0 saturated heterocycles. The molecule has 0 atom stereocenters. The number of hydrogen-bond acceptors (Lipinski definition) is 2. The van der Waals surface area contributed by atoms with E-state index in [0.717, 1.165) is 18.7 Å². The van der Waals surface area contributed by atoms with Crippen LogP contribution in [0.4, 0.5) is 0 Å². The van der Waals surface area contributed by atoms with Crippen LogP contribution in [0.5, 0.6) is 0 Å². The summed E-state index contributed by atoms with van der Waals surface area (Å²) in [5, 5.41) is 3.41. The van der Waals surface area contributed by atoms with Gasteiger partial charge in [0.1, 0.15) is 0 Å². The first kappa shape index (κ1) is 15.7. The Bertz CT molecular complexity index is 377. The van der Waals surface area contributed by atoms with Gasteiger partial charge >= 0.3 is 0 Å². The minimum atomic E-state index is -0.363. The summed E-state index contributed by atoms with van der Waals surface area (Å²) >= 11 is 0. The lowest BCUT2D eigenvalue weighted by Crippen LogP contribution is -2.16. The van der Waals surface area contributed by atoms with Crippen LogP contribution in [-0.4, -0.2) is 12.5 Å². The third kappa shape index (κ3) is 6.97. The normalized spacial score (nSPS) is 10.6. The van der Waals surface area contributed by atoms with Crippen molar-refractivity contribution in [1.29, 1.82) is 0 Å². The SMILES string of the molecule is CCCCCCCCNCc1cccc(C(N)=O)c1. The van der Waals surface area contributed by atoms with Crippen LogP contribution in [0.1, 0.15) is 61.4 Å². The van der Waals surface area contributed by atoms with Crippen molar-refractivity contribution in [2.24, 2.45) is 5.73 Å². The molecule has 3 N–H and O–H groups in total. The fourth-order valence-corrected chi connectivity index (χ4v) is 2.10. The van der Waals surface area contributed by atoms with E-state index in [1.165, 1.54) is 38.5 Å². The average molecular weight is 262 g/mol. The molecule has 0 aliphatic carbocycles. The maximum Gasteiger partial charge on any atom is 0.248 e. The van der Waals surface area contributed by atoms with E-state index in [9.17, 15) is 4.79 Å². The van der Waals surface area contributed by atoms with Crippen molar-refractivity contribution in [3.8, 4) is 0 Å². The highest BCUT2D eigenvalue weighted by Gasteiger charge is 2.00. The summed E-state index contributed by atoms with van der Waals surface area (Å²) in [4.78, 5) is 11.1. The Morgan fingerprint density at radius 3 is 2.63 bits per heavy atom. The van der Waals surface area contributed by atoms with E-state index in [1.807, 2.05) is 18.2 Å². The van der Waals surface area contributed by atoms with Crippen LogP contribution < -0.4 is 11.1 Å². The van der Waals surface area contributed by atoms with E-state index in [0.29, 0.717) is 5.56 Å². The quantitative estimate of drug-likeness (QED) is 0.636. The molecule has 1 aromatic rings. The van der Waals surface area contributed by atoms with Crippen LogP contribution >= 0.6 is 0 Å². The number of hydrogen-bond donors (Lipinski definition) is 2. The van der Waals surface area contributed by atoms with Crippen LogP contribution in [-0.2, 0) is 6.54 Å². The molecule has 0 aliphatic heterocycles. The Kier molecular flexibility index (Phi) is 7.91. The highest BCUT2D eigenvalue weighted by Crippen LogP contribution is 2.06. The van der Waals surface area contributed by atoms with Crippen molar-refractivity contribution in [2.75, 3.05) is 6.54 Å². The van der Waals surface area contributed by atoms with Crippen LogP contribution in [0, 0.1) is 0 Å². The Balaban J connectivity index is 2.12. The summed E-state index contributed by atoms with van der Waals surface area (Å²) in [7, 11) is 0. The average Bonchev–Trinajstić information content (AvgIpc) is 2.42. The van der Waals surface area contributed by atoms with Crippen LogP contribution in [0.2, 0.25) is 0 Å². The van der Waals surface area contributed by atoms with Gasteiger partial charge in [0.15, 0.2) is 0 Å². The molecule has 106 valence electrons. The molecule has 0 fully saturated rings. The summed E-state index contributed by atoms with van der Waals surface area (Å²) in [6, 6.07) is 7.50. The lowest BCUT2D eigenvalue weighted by molar-refractivity contribution is 0.1000. The molecule has 0 heterocycles. The van der Waals surface area contributed by atoms with Crippen LogP contribution in [0.25, 0.3) is 0 Å². The molecule has 1 amide bonds. The number of carbonyl (C=O) groups is 1. The second-order valence-corrected chi connectivity index (χ2v) is 5.01. The topological polar surface area (TPSA) is 55.1 Å². The van der Waals surface area contributed by atoms with Gasteiger partial charge < -0.3 is 11.1 Å². The minimum Gasteiger partial charge on any atom is -0.366 e. The molecule has 0 saturated carbocycles. The van der Waals surface area contributed by atoms with Crippen molar-refractivity contribution >= 4 is 5.91 Å². The first-order valence-electron chi connectivity index (χ1n) is 7.33. The number of nitrogens with one attached hydrogen (secondary N) is 1. The molecule has 0 unspecified atom stereocenters. The van der Waals surface area contributed by atoms with E-state index in [1.54, 1.807) is 6.07 Å². The predicted octanol–water partition coefficient (Wildman–Crippen LogP) is 3.24. The zero-order valence-corrected chi connectivity index (χ0v) is 12.0. The van der Waals surface area contributed by atoms with Gasteiger partial charge in [0.25, 0.3) is 0 Å². The number of primary amides is 1. The summed E-state index contributed by atoms with van der Waals surface area (Å²) in [5.41, 5.74) is 6.95. The van der Waals surface area contributed by atoms with Gasteiger partial charge in [0.2, 0.25) is 5.91 Å². The monoisotopic (exact) mass is 262 g/mol. The second-order valence-electron chi connectivity index (χ2n) is 5.01. The molecule has 0 aromatic heterocycles. The van der Waals surface area contributed by atoms with Crippen LogP contribution in [0.15, 0.2) is 24.3 Å². The highest BCUT2D eigenvalue weighted by molar-refractivity contribution is 5.92. The molecular formula is C16H26N2O. The zero-order valence-electron chi connectivity index (χ0n) is 12.0. The number of unbranched alkanes of at least 4 members (excludes halogenated alkanes) is 5. The first-order chi connectivity index (χ1) is 9.24. The second kappa shape index (κ2) is 9.56. The lowest BCUT2D eigenvalue weighted by atomic mass is 10.1. The van der Waals surface area contributed by atoms with Gasteiger partial charge in [-0.1, -0.05) is 51.2 Å². The standard InChI is InChI=1S/C16H26N2O/c1-2-3-4-5-6-7-11-18-13-14-9-8-10-15(12-14)16(17)19/h8-10,12,18H,2-7,11,13H2,1H3,(H2,17,19). The number of carbonyl (C=O) groups excluding carboxylic acids is 1. The van der Waals surface area contributed by atoms with Crippen molar-refractivity contribution < 1.29 is 4.79 Å². The predicted molar refractivity (Wildman–Crippen MR) is 80.0 cm³/mol. The van der Waals surface area contributed by atoms with E-state index in [2.05, 4.69) is 12.2 Å². The van der Waals surface area contributed by atoms with Crippen LogP contribution in [0.3, 0.4) is 0 Å². The van der Waals surface area contributed by atoms with Gasteiger partial charge in [0, 0.05) is 12.1 Å². The largest absolute Gasteiger partial charge is 0.366 e. The first-order valence-corrected chi connectivity index (χ1v) is 7.33. The van der Waals surface area contributed by atoms with Gasteiger partial charge in [-0.15, -0.1) is 0 Å². The molecule has 3 nitrogen and oxygen atoms in total. The minimum absolute atomic E-state index is 0.363. The number of nitrogens with two attached hydrogens (primary N) is 1. The molecule has 1 rings (SSSR count). The fraction of sp³-hybridized carbons (Fsp3) is 0.562. The summed E-state index contributed by atoms with van der Waals surface area (Å²) in [5.74, 6) is -0.363. The molecule has 3 heteroatoms. The third-order valence-electron chi connectivity index (χ3n) is 3.25. The summed E-state index contributed by atoms with van der Waals surface area (Å²) < 4.78 is 0. The number of rotatable bonds is 10. The maximum atomic E-state index is 11.1. The molecular weight excluding hydrogens is 236 g/mol. The van der Waals surface area contributed by atoms with E-state index < -0.39 is 0 Å². The Morgan fingerprint density at radius 1 is 1.16 bits per heavy atom. The van der Waals surface area contributed by atoms with E-state index in [4.69, 9.17) is 5.73 Å². The van der Waals surface area contributed by atoms with Gasteiger partial charge in [-0.2, -0.15) is 0 Å². The van der Waals surface area contributed by atoms with Crippen molar-refractivity contribution in [3.63, 3.8) is 0 Å². The molecule has 0 radical (unpaired) electrons. The molecule has 0 bridgehead atoms. The van der Waals surface area contributed by atoms with Crippen molar-refractivity contribution in [2.45, 2.75) is 52.0 Å². The highest BCUT2D eigenvalue weighted by atomic mass is 16.1. The lowest BCUT2D eigenvalue weighted by Gasteiger charge is -2.06. The molecule has 19 heavy (non-hydrogen) atoms. The van der Waals surface area contributed by atoms with Crippen molar-refractivity contribution in [3.05, 3.63) is 35.4 Å². The van der Waals surface area contributed by atoms with Gasteiger partial charge in [-0.25, -0.2) is 0 Å². The van der Waals surface area contributed by atoms with Gasteiger partial charge in [-0.05, 0) is 30.7 Å².